The molecule has 0 saturated heterocycles. The highest BCUT2D eigenvalue weighted by atomic mass is 35.5. The largest absolute Gasteiger partial charge is 0.458 e. The summed E-state index contributed by atoms with van der Waals surface area (Å²) in [6, 6.07) is 10.8. The molecule has 7 heteroatoms. The highest BCUT2D eigenvalue weighted by molar-refractivity contribution is 6.50. The van der Waals surface area contributed by atoms with Crippen molar-refractivity contribution in [1.82, 2.24) is 0 Å². The SMILES string of the molecule is O=C(/C=C(\Cl)c1ccc2c(c1)OCO2)OC/C=C/c1ccc2c(c1)OCO2. The second-order valence-electron chi connectivity index (χ2n) is 5.71. The summed E-state index contributed by atoms with van der Waals surface area (Å²) in [7, 11) is 0. The number of carbonyl (C=O) groups is 1. The van der Waals surface area contributed by atoms with E-state index in [1.54, 1.807) is 24.3 Å². The minimum atomic E-state index is -0.534. The molecule has 0 saturated carbocycles. The van der Waals surface area contributed by atoms with Crippen molar-refractivity contribution in [1.29, 1.82) is 0 Å². The van der Waals surface area contributed by atoms with Gasteiger partial charge in [0.25, 0.3) is 0 Å². The van der Waals surface area contributed by atoms with Gasteiger partial charge in [0.1, 0.15) is 6.61 Å². The lowest BCUT2D eigenvalue weighted by atomic mass is 10.2. The van der Waals surface area contributed by atoms with E-state index >= 15 is 0 Å². The summed E-state index contributed by atoms with van der Waals surface area (Å²) in [5.41, 5.74) is 1.57. The normalized spacial score (nSPS) is 14.6. The van der Waals surface area contributed by atoms with Crippen LogP contribution in [0.15, 0.2) is 48.6 Å². The minimum Gasteiger partial charge on any atom is -0.458 e. The molecular weight excluding hydrogens is 372 g/mol. The lowest BCUT2D eigenvalue weighted by Crippen LogP contribution is -2.00. The van der Waals surface area contributed by atoms with Crippen LogP contribution in [0.25, 0.3) is 11.1 Å². The van der Waals surface area contributed by atoms with Crippen molar-refractivity contribution in [2.24, 2.45) is 0 Å². The number of ether oxygens (including phenoxy) is 5. The number of benzene rings is 2. The summed E-state index contributed by atoms with van der Waals surface area (Å²) in [6.07, 6.45) is 4.80. The fourth-order valence-corrected chi connectivity index (χ4v) is 2.81. The third-order valence-corrected chi connectivity index (χ3v) is 4.25. The third-order valence-electron chi connectivity index (χ3n) is 3.92. The fourth-order valence-electron chi connectivity index (χ4n) is 2.60. The van der Waals surface area contributed by atoms with Gasteiger partial charge in [-0.05, 0) is 47.5 Å². The van der Waals surface area contributed by atoms with Crippen LogP contribution in [0.2, 0.25) is 0 Å². The molecule has 2 aliphatic heterocycles. The van der Waals surface area contributed by atoms with Gasteiger partial charge in [-0.25, -0.2) is 4.79 Å². The lowest BCUT2D eigenvalue weighted by Gasteiger charge is -2.02. The standard InChI is InChI=1S/C20H15ClO6/c21-15(14-4-6-17-19(9-14)27-12-25-17)10-20(22)23-7-1-2-13-3-5-16-18(8-13)26-11-24-16/h1-6,8-10H,7,11-12H2/b2-1+,15-10-. The first-order valence-electron chi connectivity index (χ1n) is 8.19. The summed E-state index contributed by atoms with van der Waals surface area (Å²) >= 11 is 6.19. The highest BCUT2D eigenvalue weighted by Gasteiger charge is 2.15. The number of fused-ring (bicyclic) bond motifs is 2. The molecule has 0 bridgehead atoms. The smallest absolute Gasteiger partial charge is 0.332 e. The van der Waals surface area contributed by atoms with Gasteiger partial charge in [0.2, 0.25) is 13.6 Å². The maximum Gasteiger partial charge on any atom is 0.332 e. The van der Waals surface area contributed by atoms with Gasteiger partial charge in [-0.2, -0.15) is 0 Å². The van der Waals surface area contributed by atoms with Crippen LogP contribution in [0, 0.1) is 0 Å². The molecule has 138 valence electrons. The maximum absolute atomic E-state index is 11.9. The number of hydrogen-bond acceptors (Lipinski definition) is 6. The van der Waals surface area contributed by atoms with Crippen molar-refractivity contribution in [3.63, 3.8) is 0 Å². The predicted octanol–water partition coefficient (Wildman–Crippen LogP) is 3.98. The van der Waals surface area contributed by atoms with Crippen LogP contribution in [0.4, 0.5) is 0 Å². The van der Waals surface area contributed by atoms with Gasteiger partial charge in [-0.3, -0.25) is 0 Å². The van der Waals surface area contributed by atoms with E-state index in [2.05, 4.69) is 0 Å². The predicted molar refractivity (Wildman–Crippen MR) is 99.0 cm³/mol. The van der Waals surface area contributed by atoms with E-state index in [0.717, 1.165) is 11.3 Å². The van der Waals surface area contributed by atoms with Gasteiger partial charge >= 0.3 is 5.97 Å². The molecule has 0 spiro atoms. The summed E-state index contributed by atoms with van der Waals surface area (Å²) < 4.78 is 26.3. The molecule has 2 heterocycles. The Morgan fingerprint density at radius 3 is 2.41 bits per heavy atom. The van der Waals surface area contributed by atoms with Crippen LogP contribution < -0.4 is 18.9 Å². The summed E-state index contributed by atoms with van der Waals surface area (Å²) in [5, 5.41) is 0.262. The van der Waals surface area contributed by atoms with E-state index in [1.165, 1.54) is 6.08 Å². The van der Waals surface area contributed by atoms with Gasteiger partial charge in [-0.1, -0.05) is 23.7 Å². The van der Waals surface area contributed by atoms with E-state index < -0.39 is 5.97 Å². The number of rotatable bonds is 5. The van der Waals surface area contributed by atoms with Gasteiger partial charge < -0.3 is 23.7 Å². The Labute approximate surface area is 160 Å². The molecule has 27 heavy (non-hydrogen) atoms. The van der Waals surface area contributed by atoms with Crippen LogP contribution in [0.3, 0.4) is 0 Å². The van der Waals surface area contributed by atoms with Crippen molar-refractivity contribution in [2.75, 3.05) is 20.2 Å². The second-order valence-corrected chi connectivity index (χ2v) is 6.11. The topological polar surface area (TPSA) is 63.2 Å². The Morgan fingerprint density at radius 2 is 1.63 bits per heavy atom. The quantitative estimate of drug-likeness (QED) is 0.572. The first kappa shape index (κ1) is 17.3. The van der Waals surface area contributed by atoms with Crippen LogP contribution in [0.5, 0.6) is 23.0 Å². The minimum absolute atomic E-state index is 0.120. The second kappa shape index (κ2) is 7.63. The lowest BCUT2D eigenvalue weighted by molar-refractivity contribution is -0.136. The first-order valence-corrected chi connectivity index (χ1v) is 8.57. The van der Waals surface area contributed by atoms with Crippen molar-refractivity contribution < 1.29 is 28.5 Å². The molecule has 4 rings (SSSR count). The van der Waals surface area contributed by atoms with Crippen molar-refractivity contribution in [3.8, 4) is 23.0 Å². The summed E-state index contributed by atoms with van der Waals surface area (Å²) in [4.78, 5) is 11.9. The zero-order valence-corrected chi connectivity index (χ0v) is 14.9. The van der Waals surface area contributed by atoms with E-state index in [0.29, 0.717) is 22.8 Å². The molecule has 2 aliphatic rings. The van der Waals surface area contributed by atoms with E-state index in [-0.39, 0.29) is 25.2 Å². The Bertz CT molecular complexity index is 934. The first-order chi connectivity index (χ1) is 13.2. The molecule has 0 radical (unpaired) electrons. The zero-order valence-electron chi connectivity index (χ0n) is 14.1. The summed E-state index contributed by atoms with van der Waals surface area (Å²) in [6.45, 7) is 0.531. The third kappa shape index (κ3) is 4.01. The molecule has 2 aromatic rings. The number of hydrogen-bond donors (Lipinski definition) is 0. The van der Waals surface area contributed by atoms with Crippen molar-refractivity contribution in [2.45, 2.75) is 0 Å². The van der Waals surface area contributed by atoms with Crippen LogP contribution in [-0.4, -0.2) is 26.2 Å². The maximum atomic E-state index is 11.9. The Morgan fingerprint density at radius 1 is 0.963 bits per heavy atom. The van der Waals surface area contributed by atoms with Gasteiger partial charge in [0.15, 0.2) is 23.0 Å². The highest BCUT2D eigenvalue weighted by Crippen LogP contribution is 2.35. The van der Waals surface area contributed by atoms with Crippen molar-refractivity contribution >= 4 is 28.7 Å². The van der Waals surface area contributed by atoms with Crippen LogP contribution in [-0.2, 0) is 9.53 Å². The fraction of sp³-hybridized carbons (Fsp3) is 0.150. The molecule has 0 aromatic heterocycles. The van der Waals surface area contributed by atoms with E-state index in [4.69, 9.17) is 35.3 Å². The molecular formula is C20H15ClO6. The molecule has 0 unspecified atom stereocenters. The molecule has 6 nitrogen and oxygen atoms in total. The Balaban J connectivity index is 1.32. The molecule has 0 N–H and O–H groups in total. The van der Waals surface area contributed by atoms with E-state index in [9.17, 15) is 4.79 Å². The number of esters is 1. The Kier molecular flexibility index (Phi) is 4.89. The monoisotopic (exact) mass is 386 g/mol. The summed E-state index contributed by atoms with van der Waals surface area (Å²) in [5.74, 6) is 2.14. The molecule has 0 aliphatic carbocycles. The average Bonchev–Trinajstić information content (AvgIpc) is 3.33. The Hall–Kier alpha value is -3.12. The number of carbonyl (C=O) groups excluding carboxylic acids is 1. The van der Waals surface area contributed by atoms with E-state index in [1.807, 2.05) is 24.3 Å². The molecule has 0 atom stereocenters. The van der Waals surface area contributed by atoms with Gasteiger partial charge in [-0.15, -0.1) is 0 Å². The molecule has 0 amide bonds. The zero-order chi connectivity index (χ0) is 18.6. The average molecular weight is 387 g/mol. The van der Waals surface area contributed by atoms with Crippen molar-refractivity contribution in [3.05, 3.63) is 59.7 Å². The number of halogens is 1. The molecule has 0 fully saturated rings. The van der Waals surface area contributed by atoms with Gasteiger partial charge in [0, 0.05) is 6.08 Å². The van der Waals surface area contributed by atoms with Gasteiger partial charge in [0.05, 0.1) is 5.03 Å². The van der Waals surface area contributed by atoms with Crippen LogP contribution >= 0.6 is 11.6 Å². The van der Waals surface area contributed by atoms with Crippen LogP contribution in [0.1, 0.15) is 11.1 Å². The molecule has 2 aromatic carbocycles.